The van der Waals surface area contributed by atoms with Crippen LogP contribution in [0.4, 0.5) is 47.6 Å². The van der Waals surface area contributed by atoms with Crippen molar-refractivity contribution in [1.29, 1.82) is 0 Å². The highest BCUT2D eigenvalue weighted by Gasteiger charge is 2.31. The number of benzene rings is 2. The van der Waals surface area contributed by atoms with Crippen molar-refractivity contribution in [1.82, 2.24) is 14.8 Å². The molecule has 2 aromatic heterocycles. The van der Waals surface area contributed by atoms with Crippen molar-refractivity contribution in [2.45, 2.75) is 32.5 Å². The predicted octanol–water partition coefficient (Wildman–Crippen LogP) is 5.64. The van der Waals surface area contributed by atoms with Crippen LogP contribution < -0.4 is 32.5 Å². The number of nitrogens with two attached hydrogens (primary N) is 1. The van der Waals surface area contributed by atoms with Gasteiger partial charge in [0.05, 0.1) is 11.1 Å². The SMILES string of the molecule is CC(C)(C)n1nc(-c2ccc(Nc3c(Nc4ccc(C(F)(F)F)cc4)c(=O)c3=O)cc2)c(C(N)=O)c1Nc1ccccn1. The van der Waals surface area contributed by atoms with Crippen LogP contribution in [0, 0.1) is 0 Å². The van der Waals surface area contributed by atoms with Crippen LogP contribution in [0.25, 0.3) is 11.3 Å². The molecule has 5 N–H and O–H groups in total. The quantitative estimate of drug-likeness (QED) is 0.170. The number of carbonyl (C=O) groups excluding carboxylic acids is 1. The van der Waals surface area contributed by atoms with Gasteiger partial charge in [-0.1, -0.05) is 18.2 Å². The Morgan fingerprint density at radius 3 is 1.84 bits per heavy atom. The van der Waals surface area contributed by atoms with Gasteiger partial charge in [-0.3, -0.25) is 14.4 Å². The van der Waals surface area contributed by atoms with Gasteiger partial charge in [-0.25, -0.2) is 9.67 Å². The number of pyridine rings is 1. The lowest BCUT2D eigenvalue weighted by molar-refractivity contribution is -0.137. The smallest absolute Gasteiger partial charge is 0.365 e. The zero-order chi connectivity index (χ0) is 31.1. The summed E-state index contributed by atoms with van der Waals surface area (Å²) in [6.45, 7) is 5.77. The molecule has 0 saturated heterocycles. The van der Waals surface area contributed by atoms with Crippen molar-refractivity contribution in [3.63, 3.8) is 0 Å². The highest BCUT2D eigenvalue weighted by molar-refractivity contribution is 6.04. The third-order valence-electron chi connectivity index (χ3n) is 6.50. The number of amides is 1. The maximum atomic E-state index is 12.9. The Hall–Kier alpha value is -5.46. The number of hydrogen-bond donors (Lipinski definition) is 4. The molecular formula is C30H26F3N7O3. The van der Waals surface area contributed by atoms with Gasteiger partial charge < -0.3 is 21.7 Å². The van der Waals surface area contributed by atoms with Gasteiger partial charge in [0.2, 0.25) is 0 Å². The summed E-state index contributed by atoms with van der Waals surface area (Å²) in [6.07, 6.45) is -2.89. The van der Waals surface area contributed by atoms with Crippen LogP contribution in [0.3, 0.4) is 0 Å². The van der Waals surface area contributed by atoms with Crippen LogP contribution >= 0.6 is 0 Å². The van der Waals surface area contributed by atoms with E-state index in [0.29, 0.717) is 28.6 Å². The molecule has 0 aliphatic rings. The molecule has 0 radical (unpaired) electrons. The monoisotopic (exact) mass is 589 g/mol. The van der Waals surface area contributed by atoms with E-state index in [1.165, 1.54) is 12.1 Å². The molecule has 0 aliphatic heterocycles. The van der Waals surface area contributed by atoms with E-state index in [4.69, 9.17) is 10.8 Å². The van der Waals surface area contributed by atoms with Gasteiger partial charge in [0, 0.05) is 23.1 Å². The van der Waals surface area contributed by atoms with Crippen LogP contribution in [-0.4, -0.2) is 20.7 Å². The minimum atomic E-state index is -4.50. The second-order valence-corrected chi connectivity index (χ2v) is 10.7. The number of aromatic nitrogens is 3. The summed E-state index contributed by atoms with van der Waals surface area (Å²) in [5.41, 5.74) is 4.45. The van der Waals surface area contributed by atoms with Crippen molar-refractivity contribution in [3.05, 3.63) is 105 Å². The number of alkyl halides is 3. The highest BCUT2D eigenvalue weighted by atomic mass is 19.4. The lowest BCUT2D eigenvalue weighted by atomic mass is 10.1. The molecule has 3 aromatic carbocycles. The standard InChI is InChI=1S/C30H26F3N7O3/c1-29(2,3)40-28(38-20-6-4-5-15-35-20)21(27(34)43)22(39-40)16-7-11-18(12-8-16)36-23-24(26(42)25(23)41)37-19-13-9-17(10-14-19)30(31,32)33/h4-15,36-37H,1-3H3,(H2,34,43)(H,35,38). The molecule has 13 heteroatoms. The van der Waals surface area contributed by atoms with E-state index in [0.717, 1.165) is 12.1 Å². The molecular weight excluding hydrogens is 563 g/mol. The molecule has 2 heterocycles. The molecule has 0 bridgehead atoms. The van der Waals surface area contributed by atoms with Gasteiger partial charge in [-0.15, -0.1) is 0 Å². The van der Waals surface area contributed by atoms with Crippen LogP contribution in [0.15, 0.2) is 82.5 Å². The molecule has 220 valence electrons. The molecule has 1 amide bonds. The molecule has 0 atom stereocenters. The average molecular weight is 590 g/mol. The molecule has 0 fully saturated rings. The van der Waals surface area contributed by atoms with Gasteiger partial charge in [-0.2, -0.15) is 18.3 Å². The van der Waals surface area contributed by atoms with Gasteiger partial charge in [-0.05, 0) is 69.3 Å². The molecule has 43 heavy (non-hydrogen) atoms. The summed E-state index contributed by atoms with van der Waals surface area (Å²) < 4.78 is 40.3. The van der Waals surface area contributed by atoms with Crippen molar-refractivity contribution in [2.24, 2.45) is 5.73 Å². The van der Waals surface area contributed by atoms with Gasteiger partial charge >= 0.3 is 6.18 Å². The second-order valence-electron chi connectivity index (χ2n) is 10.7. The Labute approximate surface area is 243 Å². The maximum Gasteiger partial charge on any atom is 0.416 e. The lowest BCUT2D eigenvalue weighted by Gasteiger charge is -2.23. The molecule has 0 saturated carbocycles. The topological polar surface area (TPSA) is 144 Å². The normalized spacial score (nSPS) is 11.9. The molecule has 5 aromatic rings. The number of primary amides is 1. The number of nitrogens with zero attached hydrogens (tertiary/aromatic N) is 3. The summed E-state index contributed by atoms with van der Waals surface area (Å²) in [6, 6.07) is 16.0. The first-order valence-electron chi connectivity index (χ1n) is 13.0. The van der Waals surface area contributed by atoms with Crippen molar-refractivity contribution >= 4 is 40.3 Å². The van der Waals surface area contributed by atoms with Crippen LogP contribution in [0.5, 0.6) is 0 Å². The van der Waals surface area contributed by atoms with Crippen molar-refractivity contribution < 1.29 is 18.0 Å². The molecule has 0 unspecified atom stereocenters. The Bertz CT molecular complexity index is 1870. The van der Waals surface area contributed by atoms with E-state index in [1.54, 1.807) is 53.3 Å². The van der Waals surface area contributed by atoms with E-state index in [9.17, 15) is 27.6 Å². The number of rotatable bonds is 8. The third kappa shape index (κ3) is 5.82. The first-order chi connectivity index (χ1) is 20.2. The van der Waals surface area contributed by atoms with E-state index >= 15 is 0 Å². The first-order valence-corrected chi connectivity index (χ1v) is 13.0. The summed E-state index contributed by atoms with van der Waals surface area (Å²) >= 11 is 0. The van der Waals surface area contributed by atoms with E-state index < -0.39 is 34.0 Å². The van der Waals surface area contributed by atoms with Crippen LogP contribution in [0.2, 0.25) is 0 Å². The van der Waals surface area contributed by atoms with Crippen LogP contribution in [0.1, 0.15) is 36.7 Å². The summed E-state index contributed by atoms with van der Waals surface area (Å²) in [4.78, 5) is 41.5. The number of carbonyl (C=O) groups is 1. The Kier molecular flexibility index (Phi) is 7.26. The fourth-order valence-electron chi connectivity index (χ4n) is 4.39. The Morgan fingerprint density at radius 1 is 0.814 bits per heavy atom. The molecule has 0 spiro atoms. The first kappa shape index (κ1) is 29.0. The summed E-state index contributed by atoms with van der Waals surface area (Å²) in [7, 11) is 0. The number of nitrogens with one attached hydrogen (secondary N) is 3. The average Bonchev–Trinajstić information content (AvgIpc) is 3.35. The minimum Gasteiger partial charge on any atom is -0.365 e. The fraction of sp³-hybridized carbons (Fsp3) is 0.167. The predicted molar refractivity (Wildman–Crippen MR) is 158 cm³/mol. The van der Waals surface area contributed by atoms with Crippen molar-refractivity contribution in [3.8, 4) is 11.3 Å². The Morgan fingerprint density at radius 2 is 1.37 bits per heavy atom. The zero-order valence-corrected chi connectivity index (χ0v) is 23.2. The summed E-state index contributed by atoms with van der Waals surface area (Å²) in [5, 5.41) is 13.5. The fourth-order valence-corrected chi connectivity index (χ4v) is 4.39. The summed E-state index contributed by atoms with van der Waals surface area (Å²) in [5.74, 6) is 0.169. The minimum absolute atomic E-state index is 0.0330. The van der Waals surface area contributed by atoms with Gasteiger partial charge in [0.15, 0.2) is 0 Å². The molecule has 0 aliphatic carbocycles. The maximum absolute atomic E-state index is 12.9. The van der Waals surface area contributed by atoms with Gasteiger partial charge in [0.25, 0.3) is 16.8 Å². The number of hydrogen-bond acceptors (Lipinski definition) is 8. The van der Waals surface area contributed by atoms with E-state index in [1.807, 2.05) is 20.8 Å². The van der Waals surface area contributed by atoms with E-state index in [-0.39, 0.29) is 22.6 Å². The van der Waals surface area contributed by atoms with Crippen molar-refractivity contribution in [2.75, 3.05) is 16.0 Å². The van der Waals surface area contributed by atoms with E-state index in [2.05, 4.69) is 20.9 Å². The van der Waals surface area contributed by atoms with Crippen LogP contribution in [-0.2, 0) is 11.7 Å². The lowest BCUT2D eigenvalue weighted by Crippen LogP contribution is -2.35. The molecule has 10 nitrogen and oxygen atoms in total. The Balaban J connectivity index is 1.43. The third-order valence-corrected chi connectivity index (χ3v) is 6.50. The largest absolute Gasteiger partial charge is 0.416 e. The molecule has 5 rings (SSSR count). The second kappa shape index (κ2) is 10.7. The van der Waals surface area contributed by atoms with Gasteiger partial charge in [0.1, 0.15) is 34.3 Å². The zero-order valence-electron chi connectivity index (χ0n) is 23.2. The highest BCUT2D eigenvalue weighted by Crippen LogP contribution is 2.35. The number of anilines is 6. The number of halogens is 3.